The van der Waals surface area contributed by atoms with Crippen molar-refractivity contribution in [1.29, 1.82) is 0 Å². The normalized spacial score (nSPS) is 19.9. The molecule has 0 aromatic rings. The average molecular weight is 1040 g/mol. The summed E-state index contributed by atoms with van der Waals surface area (Å²) >= 11 is 0. The van der Waals surface area contributed by atoms with Crippen molar-refractivity contribution in [2.75, 3.05) is 13.2 Å². The van der Waals surface area contributed by atoms with Crippen LogP contribution in [0.15, 0.2) is 12.2 Å². The lowest BCUT2D eigenvalue weighted by molar-refractivity contribution is -0.303. The Bertz CT molecular complexity index is 1190. The lowest BCUT2D eigenvalue weighted by Gasteiger charge is -2.40. The van der Waals surface area contributed by atoms with Crippen molar-refractivity contribution in [3.8, 4) is 0 Å². The molecule has 8 N–H and O–H groups in total. The number of rotatable bonds is 55. The standard InChI is InChI=1S/C62H121NO10/c1-3-5-7-9-11-13-15-17-19-20-21-22-23-24-25-26-27-28-29-30-31-32-33-34-36-38-40-42-44-46-48-50-55(66)61(71)63-53(52-72-62-60(70)59(69)58(68)56(51-64)73-62)57(67)54(65)49-47-45-43-41-39-37-35-18-16-14-12-10-8-6-4-2/h41,43,53-60,62,64-70H,3-40,42,44-52H2,1-2H3,(H,63,71)/b43-41+. The minimum absolute atomic E-state index is 0.260. The molecule has 73 heavy (non-hydrogen) atoms. The van der Waals surface area contributed by atoms with Gasteiger partial charge in [-0.2, -0.15) is 0 Å². The molecule has 11 nitrogen and oxygen atoms in total. The van der Waals surface area contributed by atoms with Crippen LogP contribution in [-0.2, 0) is 14.3 Å². The highest BCUT2D eigenvalue weighted by atomic mass is 16.7. The van der Waals surface area contributed by atoms with Crippen molar-refractivity contribution in [3.05, 3.63) is 12.2 Å². The summed E-state index contributed by atoms with van der Waals surface area (Å²) in [4.78, 5) is 13.2. The molecular formula is C62H121NO10. The van der Waals surface area contributed by atoms with Crippen LogP contribution in [0.5, 0.6) is 0 Å². The smallest absolute Gasteiger partial charge is 0.249 e. The van der Waals surface area contributed by atoms with E-state index in [1.807, 2.05) is 0 Å². The molecule has 1 saturated heterocycles. The summed E-state index contributed by atoms with van der Waals surface area (Å²) in [6.45, 7) is 3.47. The summed E-state index contributed by atoms with van der Waals surface area (Å²) in [6.07, 6.45) is 50.1. The second kappa shape index (κ2) is 51.6. The Morgan fingerprint density at radius 1 is 0.466 bits per heavy atom. The molecule has 1 rings (SSSR count). The van der Waals surface area contributed by atoms with Gasteiger partial charge in [-0.1, -0.05) is 283 Å². The van der Waals surface area contributed by atoms with Gasteiger partial charge in [0.05, 0.1) is 25.4 Å². The first-order valence-electron chi connectivity index (χ1n) is 31.6. The molecule has 434 valence electrons. The summed E-state index contributed by atoms with van der Waals surface area (Å²) in [5.74, 6) is -0.700. The molecule has 11 heteroatoms. The van der Waals surface area contributed by atoms with Crippen LogP contribution in [0.4, 0.5) is 0 Å². The third-order valence-electron chi connectivity index (χ3n) is 15.6. The molecule has 0 spiro atoms. The van der Waals surface area contributed by atoms with Gasteiger partial charge in [0.15, 0.2) is 6.29 Å². The third kappa shape index (κ3) is 39.8. The molecule has 1 amide bonds. The van der Waals surface area contributed by atoms with Crippen LogP contribution in [0.1, 0.15) is 309 Å². The molecule has 0 bridgehead atoms. The third-order valence-corrected chi connectivity index (χ3v) is 15.6. The second-order valence-electron chi connectivity index (χ2n) is 22.5. The second-order valence-corrected chi connectivity index (χ2v) is 22.5. The molecule has 1 aliphatic heterocycles. The number of aliphatic hydroxyl groups is 7. The Kier molecular flexibility index (Phi) is 49.4. The zero-order chi connectivity index (χ0) is 53.3. The number of hydrogen-bond acceptors (Lipinski definition) is 10. The van der Waals surface area contributed by atoms with Crippen molar-refractivity contribution in [1.82, 2.24) is 5.32 Å². The molecule has 9 unspecified atom stereocenters. The first-order valence-corrected chi connectivity index (χ1v) is 31.6. The van der Waals surface area contributed by atoms with Gasteiger partial charge in [-0.05, 0) is 38.5 Å². The van der Waals surface area contributed by atoms with Gasteiger partial charge in [0.25, 0.3) is 0 Å². The van der Waals surface area contributed by atoms with E-state index in [9.17, 15) is 40.5 Å². The Morgan fingerprint density at radius 3 is 1.18 bits per heavy atom. The van der Waals surface area contributed by atoms with Crippen LogP contribution in [0.2, 0.25) is 0 Å². The maximum absolute atomic E-state index is 13.2. The number of ether oxygens (including phenoxy) is 2. The van der Waals surface area contributed by atoms with Crippen LogP contribution in [-0.4, -0.2) is 110 Å². The van der Waals surface area contributed by atoms with Crippen molar-refractivity contribution < 1.29 is 50.0 Å². The number of allylic oxidation sites excluding steroid dienone is 2. The van der Waals surface area contributed by atoms with Crippen molar-refractivity contribution in [3.63, 3.8) is 0 Å². The monoisotopic (exact) mass is 1040 g/mol. The highest BCUT2D eigenvalue weighted by Crippen LogP contribution is 2.24. The maximum atomic E-state index is 13.2. The Morgan fingerprint density at radius 2 is 0.808 bits per heavy atom. The van der Waals surface area contributed by atoms with Crippen LogP contribution in [0, 0.1) is 0 Å². The fourth-order valence-electron chi connectivity index (χ4n) is 10.4. The molecule has 0 saturated carbocycles. The molecule has 0 radical (unpaired) electrons. The van der Waals surface area contributed by atoms with E-state index in [0.29, 0.717) is 12.8 Å². The number of hydrogen-bond donors (Lipinski definition) is 8. The lowest BCUT2D eigenvalue weighted by Crippen LogP contribution is -2.60. The summed E-state index contributed by atoms with van der Waals surface area (Å²) in [5, 5.41) is 76.1. The highest BCUT2D eigenvalue weighted by molar-refractivity contribution is 5.80. The Hall–Kier alpha value is -1.15. The molecule has 0 aromatic carbocycles. The molecule has 0 aromatic heterocycles. The van der Waals surface area contributed by atoms with Crippen molar-refractivity contribution >= 4 is 5.91 Å². The van der Waals surface area contributed by atoms with Crippen LogP contribution < -0.4 is 5.32 Å². The minimum atomic E-state index is -1.66. The number of aliphatic hydroxyl groups excluding tert-OH is 7. The van der Waals surface area contributed by atoms with Gasteiger partial charge >= 0.3 is 0 Å². The summed E-state index contributed by atoms with van der Waals surface area (Å²) in [6, 6.07) is -1.18. The highest BCUT2D eigenvalue weighted by Gasteiger charge is 2.44. The number of carbonyl (C=O) groups excluding carboxylic acids is 1. The first kappa shape index (κ1) is 69.9. The quantitative estimate of drug-likeness (QED) is 0.0215. The van der Waals surface area contributed by atoms with Gasteiger partial charge in [-0.25, -0.2) is 0 Å². The van der Waals surface area contributed by atoms with Crippen LogP contribution >= 0.6 is 0 Å². The van der Waals surface area contributed by atoms with Gasteiger partial charge in [-0.3, -0.25) is 4.79 Å². The van der Waals surface area contributed by atoms with Gasteiger partial charge in [0, 0.05) is 0 Å². The van der Waals surface area contributed by atoms with Gasteiger partial charge < -0.3 is 50.5 Å². The first-order chi connectivity index (χ1) is 35.7. The largest absolute Gasteiger partial charge is 0.394 e. The predicted molar refractivity (Wildman–Crippen MR) is 303 cm³/mol. The number of amides is 1. The van der Waals surface area contributed by atoms with E-state index in [0.717, 1.165) is 38.5 Å². The Labute approximate surface area is 449 Å². The minimum Gasteiger partial charge on any atom is -0.394 e. The summed E-state index contributed by atoms with van der Waals surface area (Å²) in [5.41, 5.74) is 0. The summed E-state index contributed by atoms with van der Waals surface area (Å²) < 4.78 is 11.1. The predicted octanol–water partition coefficient (Wildman–Crippen LogP) is 13.9. The Balaban J connectivity index is 2.19. The molecule has 1 aliphatic rings. The lowest BCUT2D eigenvalue weighted by atomic mass is 9.98. The zero-order valence-corrected chi connectivity index (χ0v) is 47.6. The van der Waals surface area contributed by atoms with E-state index in [2.05, 4.69) is 31.3 Å². The number of unbranched alkanes of at least 4 members (excludes halogenated alkanes) is 41. The fraction of sp³-hybridized carbons (Fsp3) is 0.952. The molecule has 9 atom stereocenters. The number of nitrogens with one attached hydrogen (secondary N) is 1. The average Bonchev–Trinajstić information content (AvgIpc) is 3.39. The van der Waals surface area contributed by atoms with Gasteiger partial charge in [0.2, 0.25) is 5.91 Å². The van der Waals surface area contributed by atoms with Gasteiger partial charge in [0.1, 0.15) is 36.6 Å². The van der Waals surface area contributed by atoms with E-state index >= 15 is 0 Å². The van der Waals surface area contributed by atoms with Gasteiger partial charge in [-0.15, -0.1) is 0 Å². The zero-order valence-electron chi connectivity index (χ0n) is 47.6. The molecule has 0 aliphatic carbocycles. The van der Waals surface area contributed by atoms with Crippen LogP contribution in [0.3, 0.4) is 0 Å². The van der Waals surface area contributed by atoms with E-state index in [1.165, 1.54) is 231 Å². The van der Waals surface area contributed by atoms with E-state index in [4.69, 9.17) is 9.47 Å². The van der Waals surface area contributed by atoms with Crippen molar-refractivity contribution in [2.24, 2.45) is 0 Å². The fourth-order valence-corrected chi connectivity index (χ4v) is 10.4. The van der Waals surface area contributed by atoms with E-state index in [1.54, 1.807) is 0 Å². The molecular weight excluding hydrogens is 919 g/mol. The molecule has 1 heterocycles. The topological polar surface area (TPSA) is 189 Å². The van der Waals surface area contributed by atoms with E-state index < -0.39 is 74.2 Å². The van der Waals surface area contributed by atoms with E-state index in [-0.39, 0.29) is 12.8 Å². The maximum Gasteiger partial charge on any atom is 0.249 e. The number of carbonyl (C=O) groups is 1. The van der Waals surface area contributed by atoms with Crippen molar-refractivity contribution in [2.45, 2.75) is 364 Å². The summed E-state index contributed by atoms with van der Waals surface area (Å²) in [7, 11) is 0. The van der Waals surface area contributed by atoms with Crippen LogP contribution in [0.25, 0.3) is 0 Å². The SMILES string of the molecule is CCCCCCCCCCCC/C=C/CCCC(O)C(O)C(COC1OC(CO)C(O)C(O)C1O)NC(=O)C(O)CCCCCCCCCCCCCCCCCCCCCCCCCCCCCCCCC. The molecule has 1 fully saturated rings.